The SMILES string of the molecule is CC(=O)N[C@@H]1[C@@H](OC(C)C(=O)N[C@@H](C)C(=O)N[C@H](CCC(=O)O)C(N)=O)[C@H](O[C@@H]2O[C@H](CO)[C@@H](O[C@@H]3O[C@H](CO)[C@@H](O[C@@H]4O[C@H](CO)[C@@H](O)[C@H](O)[C@H]4NC(C)=O)[C@H](OC(C)C(=O)N[C@@H](C)C(=O)N[C@H](CCC(=O)O)C(N)=O)[C@H]3NC(C)=O)[C@H](O)[C@H]2NC(C)=O)[C@@H](CO)O[C@H]1O. The number of nitrogens with one attached hydrogen (secondary N) is 8. The van der Waals surface area contributed by atoms with Crippen molar-refractivity contribution >= 4 is 71.0 Å². The van der Waals surface area contributed by atoms with Gasteiger partial charge in [-0.2, -0.15) is 0 Å². The van der Waals surface area contributed by atoms with E-state index < -0.39 is 282 Å². The molecule has 0 aromatic rings. The molecule has 95 heavy (non-hydrogen) atoms. The normalized spacial score (nSPS) is 32.6. The Morgan fingerprint density at radius 2 is 0.737 bits per heavy atom. The van der Waals surface area contributed by atoms with Gasteiger partial charge in [-0.25, -0.2) is 0 Å². The third-order valence-electron chi connectivity index (χ3n) is 15.3. The van der Waals surface area contributed by atoms with Crippen LogP contribution in [0, 0.1) is 0 Å². The quantitative estimate of drug-likeness (QED) is 0.0284. The van der Waals surface area contributed by atoms with Gasteiger partial charge in [-0.15, -0.1) is 0 Å². The maximum atomic E-state index is 14.0. The number of nitrogens with two attached hydrogens (primary N) is 2. The highest BCUT2D eigenvalue weighted by atomic mass is 16.8. The van der Waals surface area contributed by atoms with Gasteiger partial charge in [0, 0.05) is 40.5 Å². The van der Waals surface area contributed by atoms with E-state index in [2.05, 4.69) is 42.5 Å². The van der Waals surface area contributed by atoms with Gasteiger partial charge in [0.1, 0.15) is 134 Å². The number of carboxylic acid groups (broad SMARTS) is 2. The van der Waals surface area contributed by atoms with Crippen molar-refractivity contribution in [3.05, 3.63) is 0 Å². The number of carbonyl (C=O) groups is 12. The summed E-state index contributed by atoms with van der Waals surface area (Å²) in [4.78, 5) is 152. The molecule has 540 valence electrons. The molecule has 0 saturated carbocycles. The number of carbonyl (C=O) groups excluding carboxylic acids is 10. The number of hydrogen-bond acceptors (Lipinski definition) is 29. The molecule has 0 spiro atoms. The summed E-state index contributed by atoms with van der Waals surface area (Å²) in [6.07, 6.45) is -36.1. The fourth-order valence-corrected chi connectivity index (χ4v) is 10.5. The second-order valence-electron chi connectivity index (χ2n) is 22.8. The van der Waals surface area contributed by atoms with Crippen molar-refractivity contribution < 1.29 is 151 Å². The van der Waals surface area contributed by atoms with Crippen LogP contribution >= 0.6 is 0 Å². The second kappa shape index (κ2) is 36.9. The fraction of sp³-hybridized carbons (Fsp3) is 0.778. The van der Waals surface area contributed by atoms with Crippen molar-refractivity contribution in [2.24, 2.45) is 11.5 Å². The van der Waals surface area contributed by atoms with Crippen LogP contribution in [0.2, 0.25) is 0 Å². The van der Waals surface area contributed by atoms with Gasteiger partial charge in [0.15, 0.2) is 25.2 Å². The van der Waals surface area contributed by atoms with Crippen LogP contribution < -0.4 is 54.0 Å². The summed E-state index contributed by atoms with van der Waals surface area (Å²) in [6, 6.07) is -13.1. The summed E-state index contributed by atoms with van der Waals surface area (Å²) in [7, 11) is 0. The van der Waals surface area contributed by atoms with Crippen LogP contribution in [0.3, 0.4) is 0 Å². The van der Waals surface area contributed by atoms with E-state index in [0.717, 1.165) is 48.5 Å². The Kier molecular flexibility index (Phi) is 31.2. The summed E-state index contributed by atoms with van der Waals surface area (Å²) in [5.74, 6) is -12.5. The Balaban J connectivity index is 1.78. The standard InChI is InChI=1S/C54H88N10O31/c1-17(47(82)63-25(45(55)80)9-11-31(73)74)57-49(84)19(3)87-43-35(61-23(7)71)51(86)89-29(15-67)41(43)94-53-34(60-22(6)70)39(79)40(28(14-66)91-53)93-54-36(62-24(8)72)44(88-20(4)50(85)58-18(2)48(83)64-26(46(56)81)10-12-32(75)76)42(30(16-68)92-54)95-52-33(59-21(5)69)38(78)37(77)27(13-65)90-52/h17-20,25-30,33-44,51-54,65-68,77-79,86H,9-16H2,1-8H3,(H2,55,80)(H2,56,81)(H,57,84)(H,58,85)(H,59,69)(H,60,70)(H,61,71)(H,62,72)(H,63,82)(H,64,83)(H,73,74)(H,75,76)/t17-,18-,19?,20?,25+,26+,27+,28+,29+,30+,33+,34+,35+,36+,37+,38+,39+,40+,41+,42+,43+,44+,51+,52-,53-,54-/m0/s1. The number of aliphatic hydroxyl groups excluding tert-OH is 8. The molecule has 4 rings (SSSR count). The lowest BCUT2D eigenvalue weighted by Gasteiger charge is -2.52. The van der Waals surface area contributed by atoms with Gasteiger partial charge in [-0.3, -0.25) is 57.5 Å². The van der Waals surface area contributed by atoms with Gasteiger partial charge in [0.2, 0.25) is 59.1 Å². The minimum atomic E-state index is -2.19. The number of aliphatic hydroxyl groups is 8. The van der Waals surface area contributed by atoms with E-state index in [4.69, 9.17) is 64.3 Å². The zero-order valence-electron chi connectivity index (χ0n) is 52.9. The first-order valence-corrected chi connectivity index (χ1v) is 29.9. The summed E-state index contributed by atoms with van der Waals surface area (Å²) in [5.41, 5.74) is 10.7. The van der Waals surface area contributed by atoms with E-state index in [-0.39, 0.29) is 0 Å². The first-order chi connectivity index (χ1) is 44.5. The summed E-state index contributed by atoms with van der Waals surface area (Å²) < 4.78 is 55.2. The molecule has 10 amide bonds. The van der Waals surface area contributed by atoms with Crippen molar-refractivity contribution in [1.29, 1.82) is 0 Å². The third kappa shape index (κ3) is 22.5. The van der Waals surface area contributed by atoms with Gasteiger partial charge in [0.25, 0.3) is 0 Å². The lowest BCUT2D eigenvalue weighted by atomic mass is 9.92. The van der Waals surface area contributed by atoms with Crippen LogP contribution in [0.25, 0.3) is 0 Å². The minimum Gasteiger partial charge on any atom is -0.481 e. The maximum absolute atomic E-state index is 14.0. The summed E-state index contributed by atoms with van der Waals surface area (Å²) >= 11 is 0. The molecule has 2 unspecified atom stereocenters. The predicted octanol–water partition coefficient (Wildman–Crippen LogP) is -11.7. The molecule has 4 aliphatic heterocycles. The van der Waals surface area contributed by atoms with Gasteiger partial charge >= 0.3 is 11.9 Å². The summed E-state index contributed by atoms with van der Waals surface area (Å²) in [6.45, 7) is 4.30. The third-order valence-corrected chi connectivity index (χ3v) is 15.3. The number of aliphatic carboxylic acids is 2. The van der Waals surface area contributed by atoms with Gasteiger partial charge in [0.05, 0.1) is 26.4 Å². The van der Waals surface area contributed by atoms with E-state index >= 15 is 0 Å². The zero-order chi connectivity index (χ0) is 71.6. The summed E-state index contributed by atoms with van der Waals surface area (Å²) in [5, 5.41) is 126. The largest absolute Gasteiger partial charge is 0.481 e. The zero-order valence-corrected chi connectivity index (χ0v) is 52.9. The highest BCUT2D eigenvalue weighted by molar-refractivity contribution is 5.93. The van der Waals surface area contributed by atoms with Crippen LogP contribution in [0.1, 0.15) is 81.1 Å². The van der Waals surface area contributed by atoms with Crippen LogP contribution in [-0.4, -0.2) is 307 Å². The van der Waals surface area contributed by atoms with Crippen molar-refractivity contribution in [2.45, 2.75) is 240 Å². The van der Waals surface area contributed by atoms with E-state index in [1.54, 1.807) is 0 Å². The molecule has 41 nitrogen and oxygen atoms in total. The van der Waals surface area contributed by atoms with Crippen LogP contribution in [0.4, 0.5) is 0 Å². The Labute approximate surface area is 541 Å². The Hall–Kier alpha value is -7.04. The Morgan fingerprint density at radius 1 is 0.411 bits per heavy atom. The topological polar surface area (TPSA) is 638 Å². The van der Waals surface area contributed by atoms with Gasteiger partial charge in [-0.1, -0.05) is 0 Å². The van der Waals surface area contributed by atoms with Gasteiger partial charge in [-0.05, 0) is 40.5 Å². The smallest absolute Gasteiger partial charge is 0.303 e. The average Bonchev–Trinajstić information content (AvgIpc) is 0.768. The Morgan fingerprint density at radius 3 is 1.12 bits per heavy atom. The molecule has 41 heteroatoms. The maximum Gasteiger partial charge on any atom is 0.303 e. The molecular formula is C54H88N10O31. The predicted molar refractivity (Wildman–Crippen MR) is 308 cm³/mol. The number of amides is 10. The molecule has 0 radical (unpaired) electrons. The van der Waals surface area contributed by atoms with Gasteiger partial charge < -0.3 is 148 Å². The number of ether oxygens (including phenoxy) is 9. The first kappa shape index (κ1) is 80.4. The molecule has 26 atom stereocenters. The van der Waals surface area contributed by atoms with Crippen molar-refractivity contribution in [1.82, 2.24) is 42.5 Å². The molecule has 22 N–H and O–H groups in total. The van der Waals surface area contributed by atoms with Crippen LogP contribution in [0.15, 0.2) is 0 Å². The molecule has 0 aromatic heterocycles. The highest BCUT2D eigenvalue weighted by Gasteiger charge is 2.58. The molecule has 4 saturated heterocycles. The van der Waals surface area contributed by atoms with Crippen molar-refractivity contribution in [2.75, 3.05) is 26.4 Å². The monoisotopic (exact) mass is 1370 g/mol. The molecule has 4 heterocycles. The fourth-order valence-electron chi connectivity index (χ4n) is 10.5. The molecule has 0 bridgehead atoms. The molecule has 0 aliphatic carbocycles. The second-order valence-corrected chi connectivity index (χ2v) is 22.8. The highest BCUT2D eigenvalue weighted by Crippen LogP contribution is 2.36. The van der Waals surface area contributed by atoms with E-state index in [1.807, 2.05) is 0 Å². The lowest BCUT2D eigenvalue weighted by Crippen LogP contribution is -2.72. The van der Waals surface area contributed by atoms with Crippen molar-refractivity contribution in [3.63, 3.8) is 0 Å². The van der Waals surface area contributed by atoms with Crippen LogP contribution in [-0.2, 0) is 100 Å². The number of primary amides is 2. The average molecular weight is 1370 g/mol. The molecular weight excluding hydrogens is 1280 g/mol. The molecule has 4 fully saturated rings. The minimum absolute atomic E-state index is 0.402. The van der Waals surface area contributed by atoms with Crippen molar-refractivity contribution in [3.8, 4) is 0 Å². The van der Waals surface area contributed by atoms with E-state index in [0.29, 0.717) is 0 Å². The number of rotatable bonds is 34. The van der Waals surface area contributed by atoms with E-state index in [1.165, 1.54) is 6.92 Å². The lowest BCUT2D eigenvalue weighted by molar-refractivity contribution is -0.365. The van der Waals surface area contributed by atoms with Crippen LogP contribution in [0.5, 0.6) is 0 Å². The molecule has 0 aromatic carbocycles. The Bertz CT molecular complexity index is 2690. The number of carboxylic acids is 2. The molecule has 4 aliphatic rings. The van der Waals surface area contributed by atoms with E-state index in [9.17, 15) is 98.4 Å². The first-order valence-electron chi connectivity index (χ1n) is 29.9. The number of hydrogen-bond donors (Lipinski definition) is 20.